The summed E-state index contributed by atoms with van der Waals surface area (Å²) in [5.74, 6) is 1.37. The summed E-state index contributed by atoms with van der Waals surface area (Å²) in [7, 11) is 1.69. The van der Waals surface area contributed by atoms with E-state index < -0.39 is 0 Å². The molecule has 19 heavy (non-hydrogen) atoms. The lowest BCUT2D eigenvalue weighted by Crippen LogP contribution is -2.15. The lowest BCUT2D eigenvalue weighted by Gasteiger charge is -2.23. The van der Waals surface area contributed by atoms with Crippen LogP contribution in [0, 0.1) is 5.92 Å². The molecular weight excluding hydrogens is 322 g/mol. The normalized spacial score (nSPS) is 12.5. The van der Waals surface area contributed by atoms with Crippen LogP contribution in [0.3, 0.4) is 0 Å². The van der Waals surface area contributed by atoms with Crippen molar-refractivity contribution < 1.29 is 4.74 Å². The van der Waals surface area contributed by atoms with Crippen molar-refractivity contribution >= 4 is 33.0 Å². The van der Waals surface area contributed by atoms with Crippen molar-refractivity contribution in [2.45, 2.75) is 19.9 Å². The minimum absolute atomic E-state index is 0.309. The first-order valence-corrected chi connectivity index (χ1v) is 7.92. The van der Waals surface area contributed by atoms with Crippen molar-refractivity contribution in [3.05, 3.63) is 45.1 Å². The van der Waals surface area contributed by atoms with Gasteiger partial charge in [-0.3, -0.25) is 0 Å². The van der Waals surface area contributed by atoms with Crippen LogP contribution in [0.25, 0.3) is 0 Å². The molecule has 0 aliphatic heterocycles. The molecule has 0 fully saturated rings. The number of hydrogen-bond donors (Lipinski definition) is 1. The highest BCUT2D eigenvalue weighted by molar-refractivity contribution is 9.10. The highest BCUT2D eigenvalue weighted by atomic mass is 79.9. The van der Waals surface area contributed by atoms with E-state index in [-0.39, 0.29) is 0 Å². The van der Waals surface area contributed by atoms with Crippen LogP contribution in [0.15, 0.2) is 40.2 Å². The molecule has 0 spiro atoms. The Morgan fingerprint density at radius 3 is 2.63 bits per heavy atom. The van der Waals surface area contributed by atoms with Crippen LogP contribution in [-0.2, 0) is 0 Å². The lowest BCUT2D eigenvalue weighted by atomic mass is 10.0. The zero-order valence-corrected chi connectivity index (χ0v) is 13.7. The maximum absolute atomic E-state index is 5.28. The van der Waals surface area contributed by atoms with Gasteiger partial charge in [0.15, 0.2) is 0 Å². The molecule has 2 rings (SSSR count). The van der Waals surface area contributed by atoms with Crippen LogP contribution in [0.2, 0.25) is 0 Å². The summed E-state index contributed by atoms with van der Waals surface area (Å²) in [6, 6.07) is 10.6. The Bertz CT molecular complexity index is 525. The summed E-state index contributed by atoms with van der Waals surface area (Å²) < 4.78 is 6.34. The van der Waals surface area contributed by atoms with Crippen LogP contribution in [0.5, 0.6) is 5.75 Å². The summed E-state index contributed by atoms with van der Waals surface area (Å²) in [5, 5.41) is 5.73. The van der Waals surface area contributed by atoms with Crippen LogP contribution < -0.4 is 10.1 Å². The van der Waals surface area contributed by atoms with Gasteiger partial charge in [0.25, 0.3) is 0 Å². The Kier molecular flexibility index (Phi) is 4.88. The second-order valence-corrected chi connectivity index (χ2v) is 6.56. The molecule has 1 atom stereocenters. The van der Waals surface area contributed by atoms with E-state index in [1.54, 1.807) is 18.4 Å². The summed E-state index contributed by atoms with van der Waals surface area (Å²) in [6.07, 6.45) is 0. The number of anilines is 1. The number of ether oxygens (including phenoxy) is 1. The van der Waals surface area contributed by atoms with Crippen molar-refractivity contribution in [1.29, 1.82) is 0 Å². The number of nitrogens with one attached hydrogen (secondary N) is 1. The van der Waals surface area contributed by atoms with Gasteiger partial charge in [-0.2, -0.15) is 0 Å². The highest BCUT2D eigenvalue weighted by Crippen LogP contribution is 2.34. The molecular formula is C15H18BrNOS. The third-order valence-corrected chi connectivity index (χ3v) is 4.65. The molecule has 0 radical (unpaired) electrons. The molecule has 0 saturated heterocycles. The van der Waals surface area contributed by atoms with Gasteiger partial charge in [-0.1, -0.05) is 19.9 Å². The zero-order chi connectivity index (χ0) is 13.8. The van der Waals surface area contributed by atoms with Gasteiger partial charge >= 0.3 is 0 Å². The predicted octanol–water partition coefficient (Wildman–Crippen LogP) is 5.33. The minimum atomic E-state index is 0.309. The third-order valence-electron chi connectivity index (χ3n) is 3.00. The molecule has 1 N–H and O–H groups in total. The fourth-order valence-corrected chi connectivity index (χ4v) is 3.25. The van der Waals surface area contributed by atoms with E-state index in [0.29, 0.717) is 12.0 Å². The number of rotatable bonds is 5. The Morgan fingerprint density at radius 2 is 2.05 bits per heavy atom. The number of halogens is 1. The molecule has 0 aliphatic carbocycles. The SMILES string of the molecule is COc1ccc(Br)c(NC(c2cccs2)C(C)C)c1. The minimum Gasteiger partial charge on any atom is -0.497 e. The quantitative estimate of drug-likeness (QED) is 0.794. The molecule has 1 aromatic heterocycles. The van der Waals surface area contributed by atoms with E-state index in [1.807, 2.05) is 18.2 Å². The number of thiophene rings is 1. The number of methoxy groups -OCH3 is 1. The van der Waals surface area contributed by atoms with Gasteiger partial charge in [0, 0.05) is 15.4 Å². The molecule has 1 heterocycles. The molecule has 1 unspecified atom stereocenters. The highest BCUT2D eigenvalue weighted by Gasteiger charge is 2.17. The van der Waals surface area contributed by atoms with Gasteiger partial charge in [-0.25, -0.2) is 0 Å². The molecule has 1 aromatic carbocycles. The van der Waals surface area contributed by atoms with Crippen molar-refractivity contribution in [2.24, 2.45) is 5.92 Å². The standard InChI is InChI=1S/C15H18BrNOS/c1-10(2)15(14-5-4-8-19-14)17-13-9-11(18-3)6-7-12(13)16/h4-10,15,17H,1-3H3. The summed E-state index contributed by atoms with van der Waals surface area (Å²) in [4.78, 5) is 1.35. The van der Waals surface area contributed by atoms with Crippen LogP contribution in [0.4, 0.5) is 5.69 Å². The van der Waals surface area contributed by atoms with E-state index >= 15 is 0 Å². The molecule has 4 heteroatoms. The molecule has 0 amide bonds. The van der Waals surface area contributed by atoms with Crippen LogP contribution >= 0.6 is 27.3 Å². The average molecular weight is 340 g/mol. The van der Waals surface area contributed by atoms with Crippen LogP contribution in [0.1, 0.15) is 24.8 Å². The van der Waals surface area contributed by atoms with E-state index in [9.17, 15) is 0 Å². The third kappa shape index (κ3) is 3.51. The second kappa shape index (κ2) is 6.44. The van der Waals surface area contributed by atoms with Gasteiger partial charge in [0.2, 0.25) is 0 Å². The molecule has 102 valence electrons. The van der Waals surface area contributed by atoms with Gasteiger partial charge in [-0.05, 0) is 45.4 Å². The fraction of sp³-hybridized carbons (Fsp3) is 0.333. The van der Waals surface area contributed by atoms with Crippen molar-refractivity contribution in [2.75, 3.05) is 12.4 Å². The maximum atomic E-state index is 5.28. The first-order chi connectivity index (χ1) is 9.11. The Hall–Kier alpha value is -1.00. The van der Waals surface area contributed by atoms with Crippen molar-refractivity contribution in [3.63, 3.8) is 0 Å². The van der Waals surface area contributed by atoms with Gasteiger partial charge < -0.3 is 10.1 Å². The molecule has 0 bridgehead atoms. The molecule has 2 nitrogen and oxygen atoms in total. The summed E-state index contributed by atoms with van der Waals surface area (Å²) in [6.45, 7) is 4.46. The summed E-state index contributed by atoms with van der Waals surface area (Å²) in [5.41, 5.74) is 1.06. The van der Waals surface area contributed by atoms with Crippen molar-refractivity contribution in [1.82, 2.24) is 0 Å². The van der Waals surface area contributed by atoms with E-state index in [1.165, 1.54) is 4.88 Å². The Morgan fingerprint density at radius 1 is 1.26 bits per heavy atom. The van der Waals surface area contributed by atoms with Crippen molar-refractivity contribution in [3.8, 4) is 5.75 Å². The first-order valence-electron chi connectivity index (χ1n) is 6.25. The predicted molar refractivity (Wildman–Crippen MR) is 86.2 cm³/mol. The molecule has 0 aliphatic rings. The topological polar surface area (TPSA) is 21.3 Å². The number of hydrogen-bond acceptors (Lipinski definition) is 3. The first kappa shape index (κ1) is 14.4. The lowest BCUT2D eigenvalue weighted by molar-refractivity contribution is 0.414. The van der Waals surface area contributed by atoms with Gasteiger partial charge in [0.1, 0.15) is 5.75 Å². The Balaban J connectivity index is 2.27. The number of benzene rings is 1. The molecule has 0 saturated carbocycles. The summed E-state index contributed by atoms with van der Waals surface area (Å²) >= 11 is 5.37. The smallest absolute Gasteiger partial charge is 0.121 e. The van der Waals surface area contributed by atoms with E-state index in [0.717, 1.165) is 15.9 Å². The van der Waals surface area contributed by atoms with E-state index in [2.05, 4.69) is 52.6 Å². The average Bonchev–Trinajstić information content (AvgIpc) is 2.91. The largest absolute Gasteiger partial charge is 0.497 e. The molecule has 2 aromatic rings. The fourth-order valence-electron chi connectivity index (χ4n) is 1.94. The monoisotopic (exact) mass is 339 g/mol. The van der Waals surface area contributed by atoms with Gasteiger partial charge in [-0.15, -0.1) is 11.3 Å². The van der Waals surface area contributed by atoms with Gasteiger partial charge in [0.05, 0.1) is 18.8 Å². The Labute approximate surface area is 126 Å². The maximum Gasteiger partial charge on any atom is 0.121 e. The second-order valence-electron chi connectivity index (χ2n) is 4.73. The zero-order valence-electron chi connectivity index (χ0n) is 11.3. The van der Waals surface area contributed by atoms with E-state index in [4.69, 9.17) is 4.74 Å². The van der Waals surface area contributed by atoms with Crippen LogP contribution in [-0.4, -0.2) is 7.11 Å².